The van der Waals surface area contributed by atoms with Crippen molar-refractivity contribution >= 4 is 5.95 Å². The van der Waals surface area contributed by atoms with Crippen molar-refractivity contribution < 1.29 is 14.5 Å². The quantitative estimate of drug-likeness (QED) is 0.660. The highest BCUT2D eigenvalue weighted by molar-refractivity contribution is 5.48. The van der Waals surface area contributed by atoms with Crippen molar-refractivity contribution in [1.82, 2.24) is 24.7 Å². The number of alkyl halides is 3. The molecule has 3 aliphatic rings. The summed E-state index contributed by atoms with van der Waals surface area (Å²) in [6.45, 7) is 4.95. The number of benzene rings is 1. The second-order valence-corrected chi connectivity index (χ2v) is 9.56. The van der Waals surface area contributed by atoms with E-state index in [9.17, 15) is 14.5 Å². The topological polar surface area (TPSA) is 48.4 Å². The van der Waals surface area contributed by atoms with Crippen LogP contribution in [0.25, 0.3) is 0 Å². The van der Waals surface area contributed by atoms with E-state index in [4.69, 9.17) is 0 Å². The maximum atomic E-state index is 12.6. The zero-order valence-electron chi connectivity index (χ0n) is 20.1. The lowest BCUT2D eigenvalue weighted by Crippen LogP contribution is -2.47. The standard InChI is InChI=1S/C24H33F3N6/c1-28-22-29-8-10-33(22)16-20-19-4-2-3-18(21(19)23(5-6-23)17-30-20)15-32-13-11-31(12-14-32)9-7-24(25,26)27/h2-4,8,10,20,30H,5-7,9,11-17H2,1H3,(H,28,29)/i20D. The first-order chi connectivity index (χ1) is 16.2. The lowest BCUT2D eigenvalue weighted by molar-refractivity contribution is -0.138. The van der Waals surface area contributed by atoms with Crippen molar-refractivity contribution in [3.05, 3.63) is 47.3 Å². The van der Waals surface area contributed by atoms with Crippen molar-refractivity contribution in [2.24, 2.45) is 0 Å². The summed E-state index contributed by atoms with van der Waals surface area (Å²) in [6.07, 6.45) is 1.04. The molecular formula is C24H33F3N6. The molecule has 1 saturated carbocycles. The van der Waals surface area contributed by atoms with E-state index < -0.39 is 18.6 Å². The fraction of sp³-hybridized carbons (Fsp3) is 0.625. The van der Waals surface area contributed by atoms with Crippen LogP contribution in [0.3, 0.4) is 0 Å². The van der Waals surface area contributed by atoms with E-state index in [1.807, 2.05) is 28.8 Å². The van der Waals surface area contributed by atoms with Crippen LogP contribution in [-0.2, 0) is 18.5 Å². The van der Waals surface area contributed by atoms with Gasteiger partial charge >= 0.3 is 6.18 Å². The van der Waals surface area contributed by atoms with Crippen LogP contribution in [0.4, 0.5) is 19.1 Å². The first-order valence-electron chi connectivity index (χ1n) is 12.3. The van der Waals surface area contributed by atoms with Gasteiger partial charge in [0.1, 0.15) is 0 Å². The Bertz CT molecular complexity index is 1010. The Hall–Kier alpha value is -2.10. The number of nitrogens with zero attached hydrogens (tertiary/aromatic N) is 4. The molecule has 1 unspecified atom stereocenters. The Labute approximate surface area is 194 Å². The van der Waals surface area contributed by atoms with Crippen LogP contribution in [0.15, 0.2) is 30.6 Å². The largest absolute Gasteiger partial charge is 0.390 e. The van der Waals surface area contributed by atoms with Crippen LogP contribution in [0, 0.1) is 0 Å². The van der Waals surface area contributed by atoms with Gasteiger partial charge in [0.25, 0.3) is 0 Å². The first-order valence-corrected chi connectivity index (χ1v) is 11.8. The van der Waals surface area contributed by atoms with Gasteiger partial charge in [0.2, 0.25) is 5.95 Å². The van der Waals surface area contributed by atoms with E-state index in [0.717, 1.165) is 50.5 Å². The highest BCUT2D eigenvalue weighted by Gasteiger charge is 2.50. The molecule has 0 radical (unpaired) electrons. The van der Waals surface area contributed by atoms with E-state index in [2.05, 4.69) is 32.7 Å². The number of aromatic nitrogens is 2. The Balaban J connectivity index is 1.33. The predicted octanol–water partition coefficient (Wildman–Crippen LogP) is 3.37. The monoisotopic (exact) mass is 463 g/mol. The van der Waals surface area contributed by atoms with E-state index in [0.29, 0.717) is 19.6 Å². The van der Waals surface area contributed by atoms with Gasteiger partial charge in [0.05, 0.1) is 13.8 Å². The van der Waals surface area contributed by atoms with Crippen LogP contribution >= 0.6 is 0 Å². The average Bonchev–Trinajstić information content (AvgIpc) is 3.45. The third kappa shape index (κ3) is 4.90. The van der Waals surface area contributed by atoms with Crippen LogP contribution in [0.2, 0.25) is 0 Å². The third-order valence-electron chi connectivity index (χ3n) is 7.34. The second kappa shape index (κ2) is 8.92. The molecule has 2 aromatic rings. The molecule has 180 valence electrons. The average molecular weight is 464 g/mol. The summed E-state index contributed by atoms with van der Waals surface area (Å²) >= 11 is 0. The molecule has 1 aromatic heterocycles. The summed E-state index contributed by atoms with van der Waals surface area (Å²) in [5.74, 6) is 0.737. The van der Waals surface area contributed by atoms with E-state index >= 15 is 0 Å². The normalized spacial score (nSPS) is 25.6. The van der Waals surface area contributed by atoms with Gasteiger partial charge in [-0.15, -0.1) is 0 Å². The van der Waals surface area contributed by atoms with Crippen LogP contribution in [0.5, 0.6) is 0 Å². The maximum Gasteiger partial charge on any atom is 0.390 e. The van der Waals surface area contributed by atoms with Gasteiger partial charge in [0.15, 0.2) is 0 Å². The summed E-state index contributed by atoms with van der Waals surface area (Å²) in [5, 5.41) is 6.62. The molecule has 3 heterocycles. The van der Waals surface area contributed by atoms with Crippen LogP contribution in [0.1, 0.15) is 43.3 Å². The minimum absolute atomic E-state index is 0.0804. The lowest BCUT2D eigenvalue weighted by atomic mass is 9.80. The minimum atomic E-state index is -4.10. The van der Waals surface area contributed by atoms with Gasteiger partial charge in [0, 0.05) is 77.2 Å². The second-order valence-electron chi connectivity index (χ2n) is 9.56. The summed E-state index contributed by atoms with van der Waals surface area (Å²) < 4.78 is 49.1. The van der Waals surface area contributed by atoms with Gasteiger partial charge in [-0.25, -0.2) is 4.98 Å². The molecule has 1 saturated heterocycles. The molecule has 1 aromatic carbocycles. The van der Waals surface area contributed by atoms with Crippen LogP contribution in [-0.4, -0.2) is 71.8 Å². The third-order valence-corrected chi connectivity index (χ3v) is 7.34. The number of imidazole rings is 1. The molecular weight excluding hydrogens is 429 g/mol. The number of hydrogen-bond acceptors (Lipinski definition) is 5. The molecule has 5 rings (SSSR count). The molecule has 0 bridgehead atoms. The fourth-order valence-corrected chi connectivity index (χ4v) is 5.32. The number of piperazine rings is 1. The summed E-state index contributed by atoms with van der Waals surface area (Å²) in [4.78, 5) is 8.58. The SMILES string of the molecule is [2H]C1(Cn2ccnc2NC)NCC2(CC2)c2c(CN3CCN(CCC(F)(F)F)CC3)cccc21. The lowest BCUT2D eigenvalue weighted by Gasteiger charge is -2.38. The van der Waals surface area contributed by atoms with Gasteiger partial charge in [-0.3, -0.25) is 4.90 Å². The number of halogens is 3. The van der Waals surface area contributed by atoms with Crippen LogP contribution < -0.4 is 10.6 Å². The highest BCUT2D eigenvalue weighted by atomic mass is 19.4. The molecule has 1 aliphatic carbocycles. The van der Waals surface area contributed by atoms with Crippen molar-refractivity contribution in [3.8, 4) is 0 Å². The Morgan fingerprint density at radius 1 is 1.21 bits per heavy atom. The smallest absolute Gasteiger partial charge is 0.359 e. The summed E-state index contributed by atoms with van der Waals surface area (Å²) in [7, 11) is 1.83. The minimum Gasteiger partial charge on any atom is -0.359 e. The molecule has 33 heavy (non-hydrogen) atoms. The fourth-order valence-electron chi connectivity index (χ4n) is 5.32. The molecule has 0 amide bonds. The molecule has 1 spiro atoms. The number of fused-ring (bicyclic) bond motifs is 2. The molecule has 2 N–H and O–H groups in total. The molecule has 1 atom stereocenters. The van der Waals surface area contributed by atoms with E-state index in [1.165, 1.54) is 11.1 Å². The number of hydrogen-bond donors (Lipinski definition) is 2. The zero-order chi connectivity index (χ0) is 24.0. The Kier molecular flexibility index (Phi) is 5.80. The summed E-state index contributed by atoms with van der Waals surface area (Å²) in [5.41, 5.74) is 3.71. The predicted molar refractivity (Wildman–Crippen MR) is 122 cm³/mol. The van der Waals surface area contributed by atoms with Crippen molar-refractivity contribution in [1.29, 1.82) is 0 Å². The first kappa shape index (κ1) is 21.4. The molecule has 6 nitrogen and oxygen atoms in total. The number of anilines is 1. The maximum absolute atomic E-state index is 12.6. The van der Waals surface area contributed by atoms with Gasteiger partial charge in [-0.05, 0) is 29.5 Å². The van der Waals surface area contributed by atoms with Crippen molar-refractivity contribution in [3.63, 3.8) is 0 Å². The molecule has 9 heteroatoms. The van der Waals surface area contributed by atoms with Gasteiger partial charge in [-0.2, -0.15) is 13.2 Å². The zero-order valence-corrected chi connectivity index (χ0v) is 19.1. The van der Waals surface area contributed by atoms with E-state index in [1.54, 1.807) is 6.20 Å². The highest BCUT2D eigenvalue weighted by Crippen LogP contribution is 2.53. The number of rotatable bonds is 7. The Morgan fingerprint density at radius 3 is 2.67 bits per heavy atom. The van der Waals surface area contributed by atoms with Crippen molar-refractivity contribution in [2.45, 2.75) is 50.0 Å². The van der Waals surface area contributed by atoms with Crippen molar-refractivity contribution in [2.75, 3.05) is 51.6 Å². The molecule has 2 aliphatic heterocycles. The van der Waals surface area contributed by atoms with E-state index in [-0.39, 0.29) is 12.0 Å². The van der Waals surface area contributed by atoms with Gasteiger partial charge in [-0.1, -0.05) is 18.2 Å². The molecule has 2 fully saturated rings. The Morgan fingerprint density at radius 2 is 1.97 bits per heavy atom. The van der Waals surface area contributed by atoms with Gasteiger partial charge < -0.3 is 20.1 Å². The summed E-state index contributed by atoms with van der Waals surface area (Å²) in [6, 6.07) is 5.36. The number of nitrogens with one attached hydrogen (secondary N) is 2.